The van der Waals surface area contributed by atoms with Gasteiger partial charge in [0.15, 0.2) is 0 Å². The van der Waals surface area contributed by atoms with E-state index >= 15 is 0 Å². The Morgan fingerprint density at radius 3 is 2.81 bits per heavy atom. The standard InChI is InChI=1S/C15H22N2O4/c1-3-21-11(2)10-16-15(20)17-13-6-4-5-12(9-13)7-8-14(18)19/h4-6,9,11H,3,7-8,10H2,1-2H3,(H,18,19)(H2,16,17,20). The van der Waals surface area contributed by atoms with E-state index in [4.69, 9.17) is 9.84 Å². The molecular weight excluding hydrogens is 272 g/mol. The lowest BCUT2D eigenvalue weighted by atomic mass is 10.1. The van der Waals surface area contributed by atoms with E-state index in [-0.39, 0.29) is 18.6 Å². The third-order valence-electron chi connectivity index (χ3n) is 2.81. The maximum atomic E-state index is 11.7. The second kappa shape index (κ2) is 8.97. The van der Waals surface area contributed by atoms with E-state index in [1.54, 1.807) is 18.2 Å². The van der Waals surface area contributed by atoms with Gasteiger partial charge in [-0.05, 0) is 38.0 Å². The number of urea groups is 1. The van der Waals surface area contributed by atoms with Crippen molar-refractivity contribution < 1.29 is 19.4 Å². The van der Waals surface area contributed by atoms with Gasteiger partial charge in [0.1, 0.15) is 0 Å². The first kappa shape index (κ1) is 17.0. The summed E-state index contributed by atoms with van der Waals surface area (Å²) in [5.74, 6) is -0.837. The molecular formula is C15H22N2O4. The highest BCUT2D eigenvalue weighted by atomic mass is 16.5. The average Bonchev–Trinajstić information content (AvgIpc) is 2.44. The van der Waals surface area contributed by atoms with Gasteiger partial charge >= 0.3 is 12.0 Å². The molecule has 6 heteroatoms. The van der Waals surface area contributed by atoms with Crippen molar-refractivity contribution in [3.8, 4) is 0 Å². The molecule has 2 amide bonds. The lowest BCUT2D eigenvalue weighted by Gasteiger charge is -2.13. The zero-order chi connectivity index (χ0) is 15.7. The van der Waals surface area contributed by atoms with Crippen molar-refractivity contribution in [2.45, 2.75) is 32.8 Å². The molecule has 1 rings (SSSR count). The number of hydrogen-bond donors (Lipinski definition) is 3. The monoisotopic (exact) mass is 294 g/mol. The van der Waals surface area contributed by atoms with Crippen LogP contribution < -0.4 is 10.6 Å². The van der Waals surface area contributed by atoms with Crippen LogP contribution in [-0.4, -0.2) is 36.4 Å². The Balaban J connectivity index is 2.44. The van der Waals surface area contributed by atoms with E-state index in [0.717, 1.165) is 5.56 Å². The van der Waals surface area contributed by atoms with Gasteiger partial charge in [-0.15, -0.1) is 0 Å². The molecule has 21 heavy (non-hydrogen) atoms. The number of carbonyl (C=O) groups is 2. The van der Waals surface area contributed by atoms with Crippen LogP contribution in [0.3, 0.4) is 0 Å². The fraction of sp³-hybridized carbons (Fsp3) is 0.467. The maximum absolute atomic E-state index is 11.7. The number of amides is 2. The third kappa shape index (κ3) is 7.31. The van der Waals surface area contributed by atoms with Gasteiger partial charge in [0.25, 0.3) is 0 Å². The average molecular weight is 294 g/mol. The summed E-state index contributed by atoms with van der Waals surface area (Å²) < 4.78 is 5.32. The number of carbonyl (C=O) groups excluding carboxylic acids is 1. The Bertz CT molecular complexity index is 476. The Labute approximate surface area is 124 Å². The minimum Gasteiger partial charge on any atom is -0.481 e. The van der Waals surface area contributed by atoms with Gasteiger partial charge in [0.2, 0.25) is 0 Å². The molecule has 1 atom stereocenters. The van der Waals surface area contributed by atoms with Crippen molar-refractivity contribution in [2.24, 2.45) is 0 Å². The van der Waals surface area contributed by atoms with Crippen LogP contribution in [0.1, 0.15) is 25.8 Å². The summed E-state index contributed by atoms with van der Waals surface area (Å²) in [5, 5.41) is 14.1. The zero-order valence-corrected chi connectivity index (χ0v) is 12.4. The first-order chi connectivity index (χ1) is 10.0. The predicted molar refractivity (Wildman–Crippen MR) is 80.5 cm³/mol. The van der Waals surface area contributed by atoms with Crippen LogP contribution in [0.5, 0.6) is 0 Å². The molecule has 1 aromatic rings. The van der Waals surface area contributed by atoms with Crippen molar-refractivity contribution in [1.29, 1.82) is 0 Å². The van der Waals surface area contributed by atoms with E-state index in [2.05, 4.69) is 10.6 Å². The third-order valence-corrected chi connectivity index (χ3v) is 2.81. The van der Waals surface area contributed by atoms with Crippen LogP contribution in [0, 0.1) is 0 Å². The Kier molecular flexibility index (Phi) is 7.25. The van der Waals surface area contributed by atoms with Gasteiger partial charge in [-0.3, -0.25) is 4.79 Å². The normalized spacial score (nSPS) is 11.7. The smallest absolute Gasteiger partial charge is 0.319 e. The SMILES string of the molecule is CCOC(C)CNC(=O)Nc1cccc(CCC(=O)O)c1. The van der Waals surface area contributed by atoms with Gasteiger partial charge in [0, 0.05) is 25.3 Å². The maximum Gasteiger partial charge on any atom is 0.319 e. The first-order valence-electron chi connectivity index (χ1n) is 6.98. The van der Waals surface area contributed by atoms with E-state index in [1.165, 1.54) is 0 Å². The molecule has 0 saturated carbocycles. The molecule has 0 aromatic heterocycles. The number of aliphatic carboxylic acids is 1. The van der Waals surface area contributed by atoms with Gasteiger partial charge in [-0.2, -0.15) is 0 Å². The summed E-state index contributed by atoms with van der Waals surface area (Å²) >= 11 is 0. The molecule has 0 saturated heterocycles. The molecule has 3 N–H and O–H groups in total. The van der Waals surface area contributed by atoms with Gasteiger partial charge < -0.3 is 20.5 Å². The first-order valence-corrected chi connectivity index (χ1v) is 6.98. The number of carboxylic acids is 1. The lowest BCUT2D eigenvalue weighted by Crippen LogP contribution is -2.35. The molecule has 0 heterocycles. The quantitative estimate of drug-likeness (QED) is 0.686. The van der Waals surface area contributed by atoms with Crippen molar-refractivity contribution in [3.63, 3.8) is 0 Å². The van der Waals surface area contributed by atoms with Crippen LogP contribution in [0.2, 0.25) is 0 Å². The largest absolute Gasteiger partial charge is 0.481 e. The highest BCUT2D eigenvalue weighted by Crippen LogP contribution is 2.12. The minimum atomic E-state index is -0.837. The van der Waals surface area contributed by atoms with Crippen LogP contribution in [0.15, 0.2) is 24.3 Å². The van der Waals surface area contributed by atoms with Crippen LogP contribution in [0.25, 0.3) is 0 Å². The summed E-state index contributed by atoms with van der Waals surface area (Å²) in [6, 6.07) is 6.85. The highest BCUT2D eigenvalue weighted by Gasteiger charge is 2.06. The Morgan fingerprint density at radius 1 is 1.38 bits per heavy atom. The molecule has 1 unspecified atom stereocenters. The molecule has 0 bridgehead atoms. The van der Waals surface area contributed by atoms with E-state index in [0.29, 0.717) is 25.3 Å². The van der Waals surface area contributed by atoms with Crippen molar-refractivity contribution in [2.75, 3.05) is 18.5 Å². The van der Waals surface area contributed by atoms with Crippen LogP contribution in [-0.2, 0) is 16.0 Å². The summed E-state index contributed by atoms with van der Waals surface area (Å²) in [5.41, 5.74) is 1.51. The molecule has 0 fully saturated rings. The lowest BCUT2D eigenvalue weighted by molar-refractivity contribution is -0.136. The molecule has 1 aromatic carbocycles. The minimum absolute atomic E-state index is 0.0392. The summed E-state index contributed by atoms with van der Waals surface area (Å²) in [6.07, 6.45) is 0.470. The number of carboxylic acid groups (broad SMARTS) is 1. The molecule has 6 nitrogen and oxygen atoms in total. The topological polar surface area (TPSA) is 87.7 Å². The Hall–Kier alpha value is -2.08. The van der Waals surface area contributed by atoms with Crippen LogP contribution in [0.4, 0.5) is 10.5 Å². The molecule has 0 aliphatic rings. The number of nitrogens with one attached hydrogen (secondary N) is 2. The predicted octanol–water partition coefficient (Wildman–Crippen LogP) is 2.25. The van der Waals surface area contributed by atoms with Crippen LogP contribution >= 0.6 is 0 Å². The number of benzene rings is 1. The van der Waals surface area contributed by atoms with Gasteiger partial charge in [-0.1, -0.05) is 12.1 Å². The summed E-state index contributed by atoms with van der Waals surface area (Å²) in [7, 11) is 0. The van der Waals surface area contributed by atoms with Gasteiger partial charge in [0.05, 0.1) is 6.10 Å². The fourth-order valence-corrected chi connectivity index (χ4v) is 1.81. The number of anilines is 1. The van der Waals surface area contributed by atoms with Crippen molar-refractivity contribution >= 4 is 17.7 Å². The molecule has 0 radical (unpaired) electrons. The molecule has 0 aliphatic heterocycles. The van der Waals surface area contributed by atoms with E-state index in [9.17, 15) is 9.59 Å². The van der Waals surface area contributed by atoms with Gasteiger partial charge in [-0.25, -0.2) is 4.79 Å². The zero-order valence-electron chi connectivity index (χ0n) is 12.4. The second-order valence-electron chi connectivity index (χ2n) is 4.70. The van der Waals surface area contributed by atoms with E-state index in [1.807, 2.05) is 19.9 Å². The second-order valence-corrected chi connectivity index (χ2v) is 4.70. The van der Waals surface area contributed by atoms with Crippen molar-refractivity contribution in [1.82, 2.24) is 5.32 Å². The summed E-state index contributed by atoms with van der Waals surface area (Å²) in [4.78, 5) is 22.3. The number of ether oxygens (including phenoxy) is 1. The van der Waals surface area contributed by atoms with Crippen molar-refractivity contribution in [3.05, 3.63) is 29.8 Å². The molecule has 0 spiro atoms. The number of aryl methyl sites for hydroxylation is 1. The molecule has 116 valence electrons. The molecule has 0 aliphatic carbocycles. The highest BCUT2D eigenvalue weighted by molar-refractivity contribution is 5.89. The summed E-state index contributed by atoms with van der Waals surface area (Å²) in [6.45, 7) is 4.82. The number of rotatable bonds is 8. The van der Waals surface area contributed by atoms with E-state index < -0.39 is 5.97 Å². The number of hydrogen-bond acceptors (Lipinski definition) is 3. The Morgan fingerprint density at radius 2 is 2.14 bits per heavy atom. The fourth-order valence-electron chi connectivity index (χ4n) is 1.81.